The van der Waals surface area contributed by atoms with Crippen LogP contribution >= 0.6 is 0 Å². The van der Waals surface area contributed by atoms with Crippen molar-refractivity contribution < 1.29 is 4.79 Å². The zero-order chi connectivity index (χ0) is 20.4. The Bertz CT molecular complexity index is 1160. The lowest BCUT2D eigenvalue weighted by Gasteiger charge is -2.39. The number of carbonyl (C=O) groups excluding carboxylic acids is 1. The van der Waals surface area contributed by atoms with Crippen LogP contribution in [0.25, 0.3) is 0 Å². The molecule has 0 spiro atoms. The summed E-state index contributed by atoms with van der Waals surface area (Å²) in [6.45, 7) is 6.12. The number of hydrogen-bond donors (Lipinski definition) is 1. The van der Waals surface area contributed by atoms with Crippen molar-refractivity contribution in [3.8, 4) is 0 Å². The number of hydrogen-bond acceptors (Lipinski definition) is 4. The molecule has 1 aliphatic carbocycles. The lowest BCUT2D eigenvalue weighted by Crippen LogP contribution is -2.45. The Kier molecular flexibility index (Phi) is 4.00. The number of aryl methyl sites for hydroxylation is 1. The van der Waals surface area contributed by atoms with E-state index in [1.165, 1.54) is 11.6 Å². The fraction of sp³-hybridized carbons (Fsp3) is 0.409. The van der Waals surface area contributed by atoms with Gasteiger partial charge < -0.3 is 5.32 Å². The van der Waals surface area contributed by atoms with Crippen molar-refractivity contribution in [3.05, 3.63) is 73.1 Å². The van der Waals surface area contributed by atoms with Crippen molar-refractivity contribution in [2.24, 2.45) is 19.5 Å². The smallest absolute Gasteiger partial charge is 0.332 e. The Morgan fingerprint density at radius 3 is 2.46 bits per heavy atom. The molecule has 4 rings (SSSR count). The number of ketones is 1. The highest BCUT2D eigenvalue weighted by atomic mass is 16.2. The molecule has 1 aliphatic heterocycles. The van der Waals surface area contributed by atoms with E-state index in [-0.39, 0.29) is 22.4 Å². The molecule has 6 heteroatoms. The minimum absolute atomic E-state index is 0.0619. The molecular weight excluding hydrogens is 354 g/mol. The van der Waals surface area contributed by atoms with Gasteiger partial charge >= 0.3 is 5.69 Å². The number of aromatic nitrogens is 2. The second-order valence-electron chi connectivity index (χ2n) is 8.77. The first-order valence-electron chi connectivity index (χ1n) is 9.50. The van der Waals surface area contributed by atoms with Crippen LogP contribution in [0.15, 0.2) is 45.1 Å². The van der Waals surface area contributed by atoms with Crippen LogP contribution in [-0.4, -0.2) is 14.9 Å². The number of Topliss-reactive ketones (excluding diaryl/α,β-unsaturated/α-hetero) is 1. The summed E-state index contributed by atoms with van der Waals surface area (Å²) in [7, 11) is 3.14. The molecule has 0 saturated heterocycles. The third-order valence-corrected chi connectivity index (χ3v) is 5.84. The van der Waals surface area contributed by atoms with Gasteiger partial charge in [-0.1, -0.05) is 43.7 Å². The van der Waals surface area contributed by atoms with Gasteiger partial charge in [-0.05, 0) is 24.3 Å². The van der Waals surface area contributed by atoms with Crippen LogP contribution in [0.3, 0.4) is 0 Å². The Labute approximate surface area is 163 Å². The van der Waals surface area contributed by atoms with Crippen LogP contribution in [0.4, 0.5) is 5.82 Å². The van der Waals surface area contributed by atoms with Gasteiger partial charge in [-0.25, -0.2) is 4.79 Å². The van der Waals surface area contributed by atoms with Gasteiger partial charge in [-0.3, -0.25) is 18.7 Å². The van der Waals surface area contributed by atoms with Gasteiger partial charge in [-0.2, -0.15) is 0 Å². The predicted octanol–water partition coefficient (Wildman–Crippen LogP) is 2.59. The zero-order valence-corrected chi connectivity index (χ0v) is 16.9. The molecule has 1 atom stereocenters. The third kappa shape index (κ3) is 2.66. The Hall–Kier alpha value is -2.89. The molecule has 2 aliphatic rings. The van der Waals surface area contributed by atoms with Crippen molar-refractivity contribution in [1.82, 2.24) is 9.13 Å². The van der Waals surface area contributed by atoms with Crippen LogP contribution in [0.1, 0.15) is 49.3 Å². The molecule has 1 aromatic carbocycles. The maximum absolute atomic E-state index is 13.2. The quantitative estimate of drug-likeness (QED) is 0.827. The van der Waals surface area contributed by atoms with Crippen molar-refractivity contribution >= 4 is 11.6 Å². The van der Waals surface area contributed by atoms with E-state index in [0.29, 0.717) is 29.8 Å². The summed E-state index contributed by atoms with van der Waals surface area (Å²) in [6, 6.07) is 7.90. The number of nitrogens with one attached hydrogen (secondary N) is 1. The summed E-state index contributed by atoms with van der Waals surface area (Å²) < 4.78 is 2.58. The topological polar surface area (TPSA) is 73.1 Å². The molecular formula is C22H25N3O3. The molecule has 6 nitrogen and oxygen atoms in total. The normalized spacial score (nSPS) is 20.5. The van der Waals surface area contributed by atoms with Gasteiger partial charge in [0.2, 0.25) is 0 Å². The molecule has 146 valence electrons. The minimum Gasteiger partial charge on any atom is -0.344 e. The number of carbonyl (C=O) groups is 1. The predicted molar refractivity (Wildman–Crippen MR) is 109 cm³/mol. The lowest BCUT2D eigenvalue weighted by atomic mass is 9.69. The molecule has 2 aromatic rings. The van der Waals surface area contributed by atoms with Gasteiger partial charge in [0.15, 0.2) is 5.78 Å². The minimum atomic E-state index is -0.472. The molecule has 0 radical (unpaired) electrons. The largest absolute Gasteiger partial charge is 0.344 e. The van der Waals surface area contributed by atoms with Gasteiger partial charge in [0.05, 0.1) is 5.56 Å². The van der Waals surface area contributed by atoms with Crippen molar-refractivity contribution in [2.75, 3.05) is 5.32 Å². The Morgan fingerprint density at radius 2 is 1.79 bits per heavy atom. The summed E-state index contributed by atoms with van der Waals surface area (Å²) in [5.41, 5.74) is 2.99. The summed E-state index contributed by atoms with van der Waals surface area (Å²) in [5.74, 6) is 0.0796. The molecule has 0 fully saturated rings. The summed E-state index contributed by atoms with van der Waals surface area (Å²) in [5, 5.41) is 3.28. The number of benzene rings is 1. The maximum atomic E-state index is 13.2. The molecule has 2 heterocycles. The van der Waals surface area contributed by atoms with Crippen molar-refractivity contribution in [2.45, 2.75) is 39.5 Å². The first kappa shape index (κ1) is 18.5. The average Bonchev–Trinajstić information content (AvgIpc) is 2.62. The first-order valence-corrected chi connectivity index (χ1v) is 9.50. The van der Waals surface area contributed by atoms with Crippen LogP contribution in [0.2, 0.25) is 0 Å². The van der Waals surface area contributed by atoms with Crippen molar-refractivity contribution in [3.63, 3.8) is 0 Å². The van der Waals surface area contributed by atoms with Gasteiger partial charge in [0, 0.05) is 37.7 Å². The van der Waals surface area contributed by atoms with E-state index >= 15 is 0 Å². The first-order chi connectivity index (χ1) is 13.1. The SMILES string of the molecule is Cc1cccc(C2C3=C(CC(C)(C)CC3=O)Nc3c2c(=O)n(C)c(=O)n3C)c1. The van der Waals surface area contributed by atoms with E-state index in [2.05, 4.69) is 19.2 Å². The van der Waals surface area contributed by atoms with Crippen LogP contribution in [0, 0.1) is 12.3 Å². The Morgan fingerprint density at radius 1 is 1.07 bits per heavy atom. The molecule has 1 aromatic heterocycles. The molecule has 0 saturated carbocycles. The summed E-state index contributed by atoms with van der Waals surface area (Å²) in [4.78, 5) is 38.8. The van der Waals surface area contributed by atoms with Crippen molar-refractivity contribution in [1.29, 1.82) is 0 Å². The number of allylic oxidation sites excluding steroid dienone is 2. The summed E-state index contributed by atoms with van der Waals surface area (Å²) in [6.07, 6.45) is 1.14. The number of rotatable bonds is 1. The van der Waals surface area contributed by atoms with Gasteiger partial charge in [0.25, 0.3) is 5.56 Å². The Balaban J connectivity index is 2.09. The monoisotopic (exact) mass is 379 g/mol. The molecule has 1 unspecified atom stereocenters. The second-order valence-corrected chi connectivity index (χ2v) is 8.77. The summed E-state index contributed by atoms with van der Waals surface area (Å²) >= 11 is 0. The van der Waals surface area contributed by atoms with Gasteiger partial charge in [-0.15, -0.1) is 0 Å². The third-order valence-electron chi connectivity index (χ3n) is 5.84. The van der Waals surface area contributed by atoms with E-state index in [4.69, 9.17) is 0 Å². The highest BCUT2D eigenvalue weighted by Gasteiger charge is 2.42. The van der Waals surface area contributed by atoms with Gasteiger partial charge in [0.1, 0.15) is 5.82 Å². The average molecular weight is 379 g/mol. The van der Waals surface area contributed by atoms with Crippen LogP contribution < -0.4 is 16.6 Å². The van der Waals surface area contributed by atoms with E-state index < -0.39 is 5.92 Å². The second kappa shape index (κ2) is 6.06. The standard InChI is InChI=1S/C22H25N3O3/c1-12-7-6-8-13(9-12)16-17-14(10-22(2,3)11-15(17)26)23-19-18(16)20(27)25(5)21(28)24(19)4/h6-9,16,23H,10-11H2,1-5H3. The maximum Gasteiger partial charge on any atom is 0.332 e. The van der Waals surface area contributed by atoms with E-state index in [0.717, 1.165) is 21.4 Å². The molecule has 0 amide bonds. The number of nitrogens with zero attached hydrogens (tertiary/aromatic N) is 2. The zero-order valence-electron chi connectivity index (χ0n) is 16.9. The fourth-order valence-electron chi connectivity index (χ4n) is 4.53. The molecule has 1 N–H and O–H groups in total. The highest BCUT2D eigenvalue weighted by molar-refractivity contribution is 6.01. The number of fused-ring (bicyclic) bond motifs is 1. The van der Waals surface area contributed by atoms with E-state index in [1.807, 2.05) is 31.2 Å². The highest BCUT2D eigenvalue weighted by Crippen LogP contribution is 2.47. The lowest BCUT2D eigenvalue weighted by molar-refractivity contribution is -0.118. The molecule has 0 bridgehead atoms. The van der Waals surface area contributed by atoms with Crippen LogP contribution in [-0.2, 0) is 18.9 Å². The van der Waals surface area contributed by atoms with E-state index in [9.17, 15) is 14.4 Å². The molecule has 28 heavy (non-hydrogen) atoms. The fourth-order valence-corrected chi connectivity index (χ4v) is 4.53. The number of anilines is 1. The van der Waals surface area contributed by atoms with Crippen LogP contribution in [0.5, 0.6) is 0 Å². The van der Waals surface area contributed by atoms with E-state index in [1.54, 1.807) is 7.05 Å².